The molecule has 3 rings (SSSR count). The molecule has 1 fully saturated rings. The molecule has 1 saturated heterocycles. The molecular formula is C14H20N2O2S. The molecule has 104 valence electrons. The van der Waals surface area contributed by atoms with Crippen molar-refractivity contribution in [3.8, 4) is 0 Å². The number of sulfone groups is 1. The van der Waals surface area contributed by atoms with Gasteiger partial charge in [0.1, 0.15) is 0 Å². The van der Waals surface area contributed by atoms with Crippen LogP contribution in [0.2, 0.25) is 0 Å². The fourth-order valence-electron chi connectivity index (χ4n) is 3.18. The van der Waals surface area contributed by atoms with Crippen molar-refractivity contribution >= 4 is 9.84 Å². The van der Waals surface area contributed by atoms with Crippen LogP contribution in [-0.4, -0.2) is 45.2 Å². The van der Waals surface area contributed by atoms with Gasteiger partial charge in [-0.3, -0.25) is 0 Å². The first-order valence-electron chi connectivity index (χ1n) is 6.82. The van der Waals surface area contributed by atoms with Crippen LogP contribution in [0.1, 0.15) is 24.4 Å². The van der Waals surface area contributed by atoms with Crippen LogP contribution in [-0.2, 0) is 9.84 Å². The Morgan fingerprint density at radius 1 is 1.32 bits per heavy atom. The van der Waals surface area contributed by atoms with Gasteiger partial charge in [0, 0.05) is 18.6 Å². The Labute approximate surface area is 114 Å². The second-order valence-corrected chi connectivity index (χ2v) is 7.64. The Kier molecular flexibility index (Phi) is 3.37. The highest BCUT2D eigenvalue weighted by Gasteiger charge is 2.35. The van der Waals surface area contributed by atoms with Gasteiger partial charge in [0.2, 0.25) is 0 Å². The van der Waals surface area contributed by atoms with E-state index in [1.807, 2.05) is 12.1 Å². The number of piperidine rings is 1. The Hall–Kier alpha value is -0.910. The van der Waals surface area contributed by atoms with Gasteiger partial charge in [0.05, 0.1) is 10.6 Å². The number of nitrogens with zero attached hydrogens (tertiary/aromatic N) is 1. The summed E-state index contributed by atoms with van der Waals surface area (Å²) in [5.74, 6) is 0.201. The molecule has 1 aromatic rings. The zero-order valence-corrected chi connectivity index (χ0v) is 12.0. The van der Waals surface area contributed by atoms with Gasteiger partial charge in [0.15, 0.2) is 9.84 Å². The lowest BCUT2D eigenvalue weighted by atomic mass is 10.0. The predicted molar refractivity (Wildman–Crippen MR) is 74.9 cm³/mol. The van der Waals surface area contributed by atoms with Crippen LogP contribution in [0.15, 0.2) is 29.2 Å². The van der Waals surface area contributed by atoms with Crippen LogP contribution >= 0.6 is 0 Å². The van der Waals surface area contributed by atoms with Gasteiger partial charge in [0.25, 0.3) is 0 Å². The number of likely N-dealkylation sites (N-methyl/N-ethyl adjacent to an activating group) is 1. The minimum atomic E-state index is -3.10. The Bertz CT molecular complexity index is 571. The molecule has 1 aromatic carbocycles. The molecule has 2 unspecified atom stereocenters. The lowest BCUT2D eigenvalue weighted by molar-refractivity contribution is 0.219. The van der Waals surface area contributed by atoms with Crippen molar-refractivity contribution < 1.29 is 8.42 Å². The van der Waals surface area contributed by atoms with Crippen molar-refractivity contribution in [2.75, 3.05) is 25.9 Å². The summed E-state index contributed by atoms with van der Waals surface area (Å²) >= 11 is 0. The van der Waals surface area contributed by atoms with E-state index >= 15 is 0 Å². The van der Waals surface area contributed by atoms with Crippen molar-refractivity contribution in [2.24, 2.45) is 0 Å². The van der Waals surface area contributed by atoms with E-state index in [-0.39, 0.29) is 11.8 Å². The van der Waals surface area contributed by atoms with E-state index < -0.39 is 9.84 Å². The fraction of sp³-hybridized carbons (Fsp3) is 0.571. The molecule has 2 heterocycles. The maximum absolute atomic E-state index is 12.1. The minimum Gasteiger partial charge on any atom is -0.305 e. The van der Waals surface area contributed by atoms with Crippen molar-refractivity contribution in [3.63, 3.8) is 0 Å². The average molecular weight is 280 g/mol. The second kappa shape index (κ2) is 4.89. The van der Waals surface area contributed by atoms with Gasteiger partial charge in [-0.2, -0.15) is 0 Å². The first-order chi connectivity index (χ1) is 9.06. The van der Waals surface area contributed by atoms with Gasteiger partial charge in [-0.1, -0.05) is 18.2 Å². The summed E-state index contributed by atoms with van der Waals surface area (Å²) in [7, 11) is -0.977. The third kappa shape index (κ3) is 2.55. The van der Waals surface area contributed by atoms with E-state index in [0.29, 0.717) is 10.9 Å². The smallest absolute Gasteiger partial charge is 0.180 e. The molecule has 0 aliphatic carbocycles. The van der Waals surface area contributed by atoms with E-state index in [2.05, 4.69) is 17.3 Å². The summed E-state index contributed by atoms with van der Waals surface area (Å²) in [6.45, 7) is 2.14. The first kappa shape index (κ1) is 13.1. The Morgan fingerprint density at radius 3 is 2.89 bits per heavy atom. The molecule has 0 aromatic heterocycles. The van der Waals surface area contributed by atoms with Gasteiger partial charge in [-0.25, -0.2) is 8.42 Å². The van der Waals surface area contributed by atoms with Crippen LogP contribution in [0.3, 0.4) is 0 Å². The molecule has 19 heavy (non-hydrogen) atoms. The number of fused-ring (bicyclic) bond motifs is 1. The summed E-state index contributed by atoms with van der Waals surface area (Å²) in [5.41, 5.74) is 0.940. The minimum absolute atomic E-state index is 0.0438. The third-order valence-corrected chi connectivity index (χ3v) is 5.89. The highest BCUT2D eigenvalue weighted by Crippen LogP contribution is 2.33. The largest absolute Gasteiger partial charge is 0.305 e. The Balaban J connectivity index is 1.80. The lowest BCUT2D eigenvalue weighted by Crippen LogP contribution is -2.45. The SMILES string of the molecule is CN1CCCC(NC2CS(=O)(=O)c3ccccc32)C1. The summed E-state index contributed by atoms with van der Waals surface area (Å²) in [5, 5.41) is 3.54. The molecular weight excluding hydrogens is 260 g/mol. The van der Waals surface area contributed by atoms with Crippen molar-refractivity contribution in [3.05, 3.63) is 29.8 Å². The third-order valence-electron chi connectivity index (χ3n) is 4.08. The molecule has 2 aliphatic heterocycles. The number of likely N-dealkylation sites (tertiary alicyclic amines) is 1. The Morgan fingerprint density at radius 2 is 2.11 bits per heavy atom. The van der Waals surface area contributed by atoms with E-state index in [0.717, 1.165) is 25.1 Å². The molecule has 0 saturated carbocycles. The topological polar surface area (TPSA) is 49.4 Å². The molecule has 0 radical (unpaired) electrons. The fourth-order valence-corrected chi connectivity index (χ4v) is 4.92. The molecule has 2 aliphatic rings. The van der Waals surface area contributed by atoms with Crippen LogP contribution in [0.25, 0.3) is 0 Å². The number of hydrogen-bond acceptors (Lipinski definition) is 4. The highest BCUT2D eigenvalue weighted by atomic mass is 32.2. The number of rotatable bonds is 2. The van der Waals surface area contributed by atoms with Crippen LogP contribution < -0.4 is 5.32 Å². The van der Waals surface area contributed by atoms with Crippen LogP contribution in [0.4, 0.5) is 0 Å². The summed E-state index contributed by atoms with van der Waals surface area (Å²) < 4.78 is 24.2. The van der Waals surface area contributed by atoms with Crippen LogP contribution in [0, 0.1) is 0 Å². The van der Waals surface area contributed by atoms with Crippen LogP contribution in [0.5, 0.6) is 0 Å². The maximum atomic E-state index is 12.1. The first-order valence-corrected chi connectivity index (χ1v) is 8.48. The zero-order chi connectivity index (χ0) is 13.5. The summed E-state index contributed by atoms with van der Waals surface area (Å²) in [6, 6.07) is 7.72. The number of nitrogens with one attached hydrogen (secondary N) is 1. The summed E-state index contributed by atoms with van der Waals surface area (Å²) in [4.78, 5) is 2.81. The predicted octanol–water partition coefficient (Wildman–Crippen LogP) is 1.20. The van der Waals surface area contributed by atoms with E-state index in [4.69, 9.17) is 0 Å². The molecule has 5 heteroatoms. The zero-order valence-electron chi connectivity index (χ0n) is 11.2. The van der Waals surface area contributed by atoms with E-state index in [1.54, 1.807) is 12.1 Å². The molecule has 4 nitrogen and oxygen atoms in total. The van der Waals surface area contributed by atoms with Gasteiger partial charge < -0.3 is 10.2 Å². The van der Waals surface area contributed by atoms with Gasteiger partial charge in [-0.05, 0) is 38.1 Å². The monoisotopic (exact) mass is 280 g/mol. The molecule has 1 N–H and O–H groups in total. The quantitative estimate of drug-likeness (QED) is 0.884. The normalized spacial score (nSPS) is 30.2. The molecule has 0 spiro atoms. The average Bonchev–Trinajstić information content (AvgIpc) is 2.62. The van der Waals surface area contributed by atoms with Crippen molar-refractivity contribution in [1.29, 1.82) is 0 Å². The lowest BCUT2D eigenvalue weighted by Gasteiger charge is -2.32. The van der Waals surface area contributed by atoms with E-state index in [9.17, 15) is 8.42 Å². The van der Waals surface area contributed by atoms with E-state index in [1.165, 1.54) is 6.42 Å². The molecule has 0 bridgehead atoms. The number of benzene rings is 1. The maximum Gasteiger partial charge on any atom is 0.180 e. The second-order valence-electron chi connectivity index (χ2n) is 5.64. The van der Waals surface area contributed by atoms with Crippen molar-refractivity contribution in [1.82, 2.24) is 10.2 Å². The van der Waals surface area contributed by atoms with Crippen molar-refractivity contribution in [2.45, 2.75) is 29.8 Å². The highest BCUT2D eigenvalue weighted by molar-refractivity contribution is 7.91. The summed E-state index contributed by atoms with van der Waals surface area (Å²) in [6.07, 6.45) is 2.30. The number of hydrogen-bond donors (Lipinski definition) is 1. The molecule has 0 amide bonds. The standard InChI is InChI=1S/C14H20N2O2S/c1-16-8-4-5-11(9-16)15-13-10-19(17,18)14-7-3-2-6-12(13)14/h2-3,6-7,11,13,15H,4-5,8-10H2,1H3. The van der Waals surface area contributed by atoms with Gasteiger partial charge in [-0.15, -0.1) is 0 Å². The van der Waals surface area contributed by atoms with Gasteiger partial charge >= 0.3 is 0 Å². The molecule has 2 atom stereocenters.